The van der Waals surface area contributed by atoms with Gasteiger partial charge in [0, 0.05) is 12.5 Å². The van der Waals surface area contributed by atoms with Gasteiger partial charge in [0.25, 0.3) is 0 Å². The molecule has 68 valence electrons. The molecule has 0 aromatic heterocycles. The number of rotatable bonds is 3. The van der Waals surface area contributed by atoms with Crippen molar-refractivity contribution in [2.75, 3.05) is 6.61 Å². The second-order valence-electron chi connectivity index (χ2n) is 3.24. The van der Waals surface area contributed by atoms with Crippen LogP contribution in [-0.2, 0) is 4.74 Å². The summed E-state index contributed by atoms with van der Waals surface area (Å²) in [5.74, 6) is 5.82. The maximum atomic E-state index is 5.75. The molecule has 1 saturated carbocycles. The molecule has 0 heterocycles. The van der Waals surface area contributed by atoms with Crippen LogP contribution in [0.3, 0.4) is 0 Å². The van der Waals surface area contributed by atoms with Crippen LogP contribution in [0.15, 0.2) is 0 Å². The third kappa shape index (κ3) is 3.25. The van der Waals surface area contributed by atoms with Gasteiger partial charge in [0.05, 0.1) is 12.7 Å². The molecule has 0 spiro atoms. The van der Waals surface area contributed by atoms with Crippen LogP contribution in [0.2, 0.25) is 0 Å². The SMILES string of the molecule is CC#CCCOC1CCC(N)C1. The Kier molecular flexibility index (Phi) is 4.13. The minimum absolute atomic E-state index is 0.368. The molecule has 2 unspecified atom stereocenters. The van der Waals surface area contributed by atoms with Crippen LogP contribution in [0.4, 0.5) is 0 Å². The number of ether oxygens (including phenoxy) is 1. The topological polar surface area (TPSA) is 35.2 Å². The highest BCUT2D eigenvalue weighted by Crippen LogP contribution is 2.20. The van der Waals surface area contributed by atoms with Gasteiger partial charge < -0.3 is 10.5 Å². The Hall–Kier alpha value is -0.520. The Balaban J connectivity index is 2.03. The van der Waals surface area contributed by atoms with Crippen molar-refractivity contribution in [1.82, 2.24) is 0 Å². The predicted octanol–water partition coefficient (Wildman–Crippen LogP) is 1.30. The van der Waals surface area contributed by atoms with E-state index >= 15 is 0 Å². The van der Waals surface area contributed by atoms with Gasteiger partial charge in [0.15, 0.2) is 0 Å². The monoisotopic (exact) mass is 167 g/mol. The lowest BCUT2D eigenvalue weighted by Gasteiger charge is -2.09. The zero-order chi connectivity index (χ0) is 8.81. The third-order valence-corrected chi connectivity index (χ3v) is 2.18. The quantitative estimate of drug-likeness (QED) is 0.508. The lowest BCUT2D eigenvalue weighted by atomic mass is 10.3. The Labute approximate surface area is 74.5 Å². The van der Waals surface area contributed by atoms with Crippen LogP contribution >= 0.6 is 0 Å². The minimum atomic E-state index is 0.368. The van der Waals surface area contributed by atoms with Crippen molar-refractivity contribution >= 4 is 0 Å². The van der Waals surface area contributed by atoms with Crippen molar-refractivity contribution in [2.45, 2.75) is 44.8 Å². The van der Waals surface area contributed by atoms with E-state index in [1.165, 1.54) is 0 Å². The standard InChI is InChI=1S/C10H17NO/c1-2-3-4-7-12-10-6-5-9(11)8-10/h9-10H,4-8,11H2,1H3. The van der Waals surface area contributed by atoms with Gasteiger partial charge >= 0.3 is 0 Å². The summed E-state index contributed by atoms with van der Waals surface area (Å²) >= 11 is 0. The molecule has 1 rings (SSSR count). The first-order chi connectivity index (χ1) is 5.83. The van der Waals surface area contributed by atoms with E-state index in [2.05, 4.69) is 11.8 Å². The Bertz CT molecular complexity index is 180. The first kappa shape index (κ1) is 9.57. The highest BCUT2D eigenvalue weighted by Gasteiger charge is 2.21. The van der Waals surface area contributed by atoms with E-state index in [9.17, 15) is 0 Å². The minimum Gasteiger partial charge on any atom is -0.377 e. The molecule has 1 fully saturated rings. The molecular weight excluding hydrogens is 150 g/mol. The molecule has 0 bridgehead atoms. The molecule has 2 atom stereocenters. The van der Waals surface area contributed by atoms with Crippen molar-refractivity contribution in [3.05, 3.63) is 0 Å². The molecule has 0 aromatic carbocycles. The molecule has 12 heavy (non-hydrogen) atoms. The van der Waals surface area contributed by atoms with Gasteiger partial charge in [-0.15, -0.1) is 11.8 Å². The Morgan fingerprint density at radius 1 is 1.50 bits per heavy atom. The Morgan fingerprint density at radius 2 is 2.33 bits per heavy atom. The average molecular weight is 167 g/mol. The van der Waals surface area contributed by atoms with Gasteiger partial charge in [0.1, 0.15) is 0 Å². The molecule has 0 amide bonds. The molecule has 2 heteroatoms. The molecular formula is C10H17NO. The summed E-state index contributed by atoms with van der Waals surface area (Å²) in [5, 5.41) is 0. The van der Waals surface area contributed by atoms with E-state index in [-0.39, 0.29) is 0 Å². The molecule has 0 radical (unpaired) electrons. The van der Waals surface area contributed by atoms with Gasteiger partial charge in [-0.2, -0.15) is 0 Å². The molecule has 0 aromatic rings. The average Bonchev–Trinajstić information content (AvgIpc) is 2.45. The summed E-state index contributed by atoms with van der Waals surface area (Å²) < 4.78 is 5.59. The van der Waals surface area contributed by atoms with Gasteiger partial charge in [-0.25, -0.2) is 0 Å². The number of nitrogens with two attached hydrogens (primary N) is 1. The molecule has 2 N–H and O–H groups in total. The van der Waals surface area contributed by atoms with Crippen LogP contribution in [0.1, 0.15) is 32.6 Å². The highest BCUT2D eigenvalue weighted by atomic mass is 16.5. The van der Waals surface area contributed by atoms with Crippen LogP contribution in [0.5, 0.6) is 0 Å². The number of hydrogen-bond acceptors (Lipinski definition) is 2. The van der Waals surface area contributed by atoms with Crippen LogP contribution in [0.25, 0.3) is 0 Å². The summed E-state index contributed by atoms with van der Waals surface area (Å²) in [7, 11) is 0. The van der Waals surface area contributed by atoms with Crippen LogP contribution in [-0.4, -0.2) is 18.8 Å². The molecule has 1 aliphatic carbocycles. The molecule has 0 aliphatic heterocycles. The molecule has 2 nitrogen and oxygen atoms in total. The summed E-state index contributed by atoms with van der Waals surface area (Å²) in [6, 6.07) is 0.368. The molecule has 0 saturated heterocycles. The van der Waals surface area contributed by atoms with Gasteiger partial charge in [-0.05, 0) is 26.2 Å². The van der Waals surface area contributed by atoms with E-state index in [0.29, 0.717) is 12.1 Å². The normalized spacial score (nSPS) is 28.2. The fourth-order valence-corrected chi connectivity index (χ4v) is 1.53. The van der Waals surface area contributed by atoms with Crippen LogP contribution < -0.4 is 5.73 Å². The van der Waals surface area contributed by atoms with Crippen LogP contribution in [0, 0.1) is 11.8 Å². The highest BCUT2D eigenvalue weighted by molar-refractivity contribution is 4.94. The second kappa shape index (κ2) is 5.18. The zero-order valence-corrected chi connectivity index (χ0v) is 7.68. The first-order valence-electron chi connectivity index (χ1n) is 4.59. The van der Waals surface area contributed by atoms with E-state index in [0.717, 1.165) is 32.3 Å². The molecule has 1 aliphatic rings. The fourth-order valence-electron chi connectivity index (χ4n) is 1.53. The Morgan fingerprint density at radius 3 is 2.92 bits per heavy atom. The largest absolute Gasteiger partial charge is 0.377 e. The number of hydrogen-bond donors (Lipinski definition) is 1. The van der Waals surface area contributed by atoms with Crippen molar-refractivity contribution in [3.8, 4) is 11.8 Å². The maximum Gasteiger partial charge on any atom is 0.0590 e. The summed E-state index contributed by atoms with van der Waals surface area (Å²) in [4.78, 5) is 0. The van der Waals surface area contributed by atoms with Gasteiger partial charge in [-0.3, -0.25) is 0 Å². The van der Waals surface area contributed by atoms with E-state index in [1.807, 2.05) is 6.92 Å². The van der Waals surface area contributed by atoms with E-state index in [4.69, 9.17) is 10.5 Å². The predicted molar refractivity (Wildman–Crippen MR) is 49.6 cm³/mol. The van der Waals surface area contributed by atoms with Crippen molar-refractivity contribution < 1.29 is 4.74 Å². The van der Waals surface area contributed by atoms with Crippen molar-refractivity contribution in [3.63, 3.8) is 0 Å². The van der Waals surface area contributed by atoms with Gasteiger partial charge in [0.2, 0.25) is 0 Å². The first-order valence-corrected chi connectivity index (χ1v) is 4.59. The summed E-state index contributed by atoms with van der Waals surface area (Å²) in [5.41, 5.74) is 5.75. The van der Waals surface area contributed by atoms with Gasteiger partial charge in [-0.1, -0.05) is 0 Å². The second-order valence-corrected chi connectivity index (χ2v) is 3.24. The summed E-state index contributed by atoms with van der Waals surface area (Å²) in [6.45, 7) is 2.61. The smallest absolute Gasteiger partial charge is 0.0590 e. The lowest BCUT2D eigenvalue weighted by molar-refractivity contribution is 0.0618. The third-order valence-electron chi connectivity index (χ3n) is 2.18. The van der Waals surface area contributed by atoms with E-state index < -0.39 is 0 Å². The summed E-state index contributed by atoms with van der Waals surface area (Å²) in [6.07, 6.45) is 4.52. The maximum absolute atomic E-state index is 5.75. The van der Waals surface area contributed by atoms with E-state index in [1.54, 1.807) is 0 Å². The fraction of sp³-hybridized carbons (Fsp3) is 0.800. The van der Waals surface area contributed by atoms with Crippen molar-refractivity contribution in [1.29, 1.82) is 0 Å². The van der Waals surface area contributed by atoms with Crippen molar-refractivity contribution in [2.24, 2.45) is 5.73 Å². The lowest BCUT2D eigenvalue weighted by Crippen LogP contribution is -2.17. The zero-order valence-electron chi connectivity index (χ0n) is 7.68.